The molecular weight excluding hydrogens is 426 g/mol. The molecule has 0 unspecified atom stereocenters. The molecular formula is C24H27N3O4S. The highest BCUT2D eigenvalue weighted by Gasteiger charge is 2.40. The molecule has 0 aromatic heterocycles. The van der Waals surface area contributed by atoms with Crippen LogP contribution in [0.15, 0.2) is 47.4 Å². The van der Waals surface area contributed by atoms with Crippen molar-refractivity contribution in [2.24, 2.45) is 0 Å². The molecule has 0 N–H and O–H groups in total. The second kappa shape index (κ2) is 8.01. The largest absolute Gasteiger partial charge is 0.336 e. The number of benzene rings is 2. The van der Waals surface area contributed by atoms with Crippen molar-refractivity contribution < 1.29 is 18.0 Å². The minimum atomic E-state index is -3.56. The fraction of sp³-hybridized carbons (Fsp3) is 0.417. The van der Waals surface area contributed by atoms with Crippen LogP contribution in [0.1, 0.15) is 36.5 Å². The molecule has 2 amide bonds. The summed E-state index contributed by atoms with van der Waals surface area (Å²) < 4.78 is 27.5. The summed E-state index contributed by atoms with van der Waals surface area (Å²) in [4.78, 5) is 29.6. The minimum Gasteiger partial charge on any atom is -0.336 e. The van der Waals surface area contributed by atoms with Gasteiger partial charge in [-0.15, -0.1) is 0 Å². The third-order valence-electron chi connectivity index (χ3n) is 6.80. The summed E-state index contributed by atoms with van der Waals surface area (Å²) in [6, 6.07) is 12.4. The Bertz CT molecular complexity index is 1190. The van der Waals surface area contributed by atoms with Gasteiger partial charge in [-0.2, -0.15) is 4.31 Å². The standard InChI is InChI=1S/C24H27N3O4S/c1-17(28)27-22-9-8-21(32(30,31)26-11-4-5-12-26)14-20(22)15-23(27)24(29)25-13-10-18-6-2-3-7-19(18)16-25/h2-3,6-9,14,23H,4-5,10-13,15-16H2,1H3/t23-/m1/s1. The lowest BCUT2D eigenvalue weighted by Crippen LogP contribution is -2.50. The fourth-order valence-electron chi connectivity index (χ4n) is 5.15. The summed E-state index contributed by atoms with van der Waals surface area (Å²) >= 11 is 0. The highest BCUT2D eigenvalue weighted by atomic mass is 32.2. The van der Waals surface area contributed by atoms with Crippen molar-refractivity contribution in [1.82, 2.24) is 9.21 Å². The number of carbonyl (C=O) groups excluding carboxylic acids is 2. The molecule has 0 spiro atoms. The van der Waals surface area contributed by atoms with E-state index >= 15 is 0 Å². The number of hydrogen-bond donors (Lipinski definition) is 0. The van der Waals surface area contributed by atoms with Gasteiger partial charge in [0.1, 0.15) is 6.04 Å². The van der Waals surface area contributed by atoms with E-state index in [0.29, 0.717) is 38.3 Å². The Balaban J connectivity index is 1.42. The van der Waals surface area contributed by atoms with Gasteiger partial charge in [0.2, 0.25) is 21.8 Å². The minimum absolute atomic E-state index is 0.0881. The fourth-order valence-corrected chi connectivity index (χ4v) is 6.72. The lowest BCUT2D eigenvalue weighted by molar-refractivity contribution is -0.135. The second-order valence-electron chi connectivity index (χ2n) is 8.79. The van der Waals surface area contributed by atoms with Gasteiger partial charge in [-0.05, 0) is 54.2 Å². The Labute approximate surface area is 188 Å². The van der Waals surface area contributed by atoms with Gasteiger partial charge >= 0.3 is 0 Å². The maximum atomic E-state index is 13.5. The maximum absolute atomic E-state index is 13.5. The summed E-state index contributed by atoms with van der Waals surface area (Å²) in [5.74, 6) is -0.301. The van der Waals surface area contributed by atoms with Gasteiger partial charge in [-0.25, -0.2) is 8.42 Å². The van der Waals surface area contributed by atoms with Crippen molar-refractivity contribution in [1.29, 1.82) is 0 Å². The molecule has 2 aromatic rings. The highest BCUT2D eigenvalue weighted by molar-refractivity contribution is 7.89. The van der Waals surface area contributed by atoms with E-state index in [1.807, 2.05) is 23.1 Å². The van der Waals surface area contributed by atoms with E-state index in [1.54, 1.807) is 18.2 Å². The third kappa shape index (κ3) is 3.51. The van der Waals surface area contributed by atoms with Gasteiger partial charge < -0.3 is 4.90 Å². The van der Waals surface area contributed by atoms with Crippen molar-refractivity contribution in [3.63, 3.8) is 0 Å². The van der Waals surface area contributed by atoms with Crippen molar-refractivity contribution in [3.8, 4) is 0 Å². The molecule has 2 aromatic carbocycles. The summed E-state index contributed by atoms with van der Waals surface area (Å²) in [5.41, 5.74) is 3.76. The van der Waals surface area contributed by atoms with Crippen LogP contribution in [0.3, 0.4) is 0 Å². The van der Waals surface area contributed by atoms with Gasteiger partial charge in [-0.3, -0.25) is 14.5 Å². The number of fused-ring (bicyclic) bond motifs is 2. The summed E-state index contributed by atoms with van der Waals surface area (Å²) in [5, 5.41) is 0. The number of sulfonamides is 1. The first kappa shape index (κ1) is 21.2. The Morgan fingerprint density at radius 1 is 0.938 bits per heavy atom. The smallest absolute Gasteiger partial charge is 0.246 e. The first-order valence-corrected chi connectivity index (χ1v) is 12.6. The van der Waals surface area contributed by atoms with E-state index in [2.05, 4.69) is 6.07 Å². The van der Waals surface area contributed by atoms with E-state index < -0.39 is 16.1 Å². The molecule has 168 valence electrons. The molecule has 32 heavy (non-hydrogen) atoms. The van der Waals surface area contributed by atoms with Crippen LogP contribution in [-0.2, 0) is 39.0 Å². The lowest BCUT2D eigenvalue weighted by Gasteiger charge is -2.33. The molecule has 3 aliphatic heterocycles. The average molecular weight is 454 g/mol. The van der Waals surface area contributed by atoms with Gasteiger partial charge in [0.15, 0.2) is 0 Å². The molecule has 8 heteroatoms. The molecule has 0 aliphatic carbocycles. The SMILES string of the molecule is CC(=O)N1c2ccc(S(=O)(=O)N3CCCC3)cc2C[C@@H]1C(=O)N1CCc2ccccc2C1. The normalized spacial score (nSPS) is 20.8. The quantitative estimate of drug-likeness (QED) is 0.715. The Hall–Kier alpha value is -2.71. The zero-order valence-corrected chi connectivity index (χ0v) is 19.0. The Kier molecular flexibility index (Phi) is 5.29. The van der Waals surface area contributed by atoms with Crippen LogP contribution in [0, 0.1) is 0 Å². The molecule has 1 saturated heterocycles. The summed E-state index contributed by atoms with van der Waals surface area (Å²) in [7, 11) is -3.56. The number of amides is 2. The molecule has 0 bridgehead atoms. The molecule has 5 rings (SSSR count). The van der Waals surface area contributed by atoms with Crippen LogP contribution in [-0.4, -0.2) is 55.1 Å². The van der Waals surface area contributed by atoms with Crippen LogP contribution >= 0.6 is 0 Å². The third-order valence-corrected chi connectivity index (χ3v) is 8.70. The summed E-state index contributed by atoms with van der Waals surface area (Å²) in [6.07, 6.45) is 2.87. The zero-order valence-electron chi connectivity index (χ0n) is 18.2. The summed E-state index contributed by atoms with van der Waals surface area (Å²) in [6.45, 7) is 3.67. The number of hydrogen-bond acceptors (Lipinski definition) is 4. The predicted molar refractivity (Wildman–Crippen MR) is 121 cm³/mol. The molecule has 0 radical (unpaired) electrons. The molecule has 1 fully saturated rings. The highest BCUT2D eigenvalue weighted by Crippen LogP contribution is 2.36. The topological polar surface area (TPSA) is 78.0 Å². The van der Waals surface area contributed by atoms with Crippen molar-refractivity contribution in [2.45, 2.75) is 50.1 Å². The van der Waals surface area contributed by atoms with Crippen molar-refractivity contribution >= 4 is 27.5 Å². The van der Waals surface area contributed by atoms with Crippen LogP contribution < -0.4 is 4.90 Å². The molecule has 3 heterocycles. The monoisotopic (exact) mass is 453 g/mol. The van der Waals surface area contributed by atoms with Crippen LogP contribution in [0.4, 0.5) is 5.69 Å². The van der Waals surface area contributed by atoms with E-state index in [0.717, 1.165) is 30.4 Å². The van der Waals surface area contributed by atoms with E-state index in [9.17, 15) is 18.0 Å². The van der Waals surface area contributed by atoms with Crippen molar-refractivity contribution in [3.05, 3.63) is 59.2 Å². The number of nitrogens with zero attached hydrogens (tertiary/aromatic N) is 3. The number of anilines is 1. The Morgan fingerprint density at radius 2 is 1.66 bits per heavy atom. The molecule has 0 saturated carbocycles. The van der Waals surface area contributed by atoms with Crippen molar-refractivity contribution in [2.75, 3.05) is 24.5 Å². The van der Waals surface area contributed by atoms with Gasteiger partial charge in [0.05, 0.1) is 4.90 Å². The van der Waals surface area contributed by atoms with Gasteiger partial charge in [0, 0.05) is 45.2 Å². The van der Waals surface area contributed by atoms with E-state index in [1.165, 1.54) is 21.7 Å². The second-order valence-corrected chi connectivity index (χ2v) is 10.7. The maximum Gasteiger partial charge on any atom is 0.246 e. The first-order valence-electron chi connectivity index (χ1n) is 11.1. The molecule has 1 atom stereocenters. The predicted octanol–water partition coefficient (Wildman–Crippen LogP) is 2.33. The van der Waals surface area contributed by atoms with Gasteiger partial charge in [0.25, 0.3) is 0 Å². The van der Waals surface area contributed by atoms with Crippen LogP contribution in [0.5, 0.6) is 0 Å². The molecule has 3 aliphatic rings. The van der Waals surface area contributed by atoms with Gasteiger partial charge in [-0.1, -0.05) is 24.3 Å². The zero-order chi connectivity index (χ0) is 22.5. The lowest BCUT2D eigenvalue weighted by atomic mass is 9.99. The number of carbonyl (C=O) groups is 2. The number of rotatable bonds is 3. The van der Waals surface area contributed by atoms with E-state index in [4.69, 9.17) is 0 Å². The average Bonchev–Trinajstić information content (AvgIpc) is 3.46. The van der Waals surface area contributed by atoms with Crippen LogP contribution in [0.2, 0.25) is 0 Å². The van der Waals surface area contributed by atoms with Crippen LogP contribution in [0.25, 0.3) is 0 Å². The molecule has 7 nitrogen and oxygen atoms in total. The Morgan fingerprint density at radius 3 is 2.38 bits per heavy atom. The first-order chi connectivity index (χ1) is 15.4. The van der Waals surface area contributed by atoms with E-state index in [-0.39, 0.29) is 16.7 Å².